The first-order valence-corrected chi connectivity index (χ1v) is 12.9. The number of carbonyl (C=O) groups excluding carboxylic acids is 1. The van der Waals surface area contributed by atoms with E-state index in [1.807, 2.05) is 19.9 Å². The molecule has 9 nitrogen and oxygen atoms in total. The molecule has 0 aliphatic carbocycles. The van der Waals surface area contributed by atoms with Gasteiger partial charge in [-0.3, -0.25) is 9.59 Å². The van der Waals surface area contributed by atoms with E-state index in [0.29, 0.717) is 33.9 Å². The summed E-state index contributed by atoms with van der Waals surface area (Å²) in [6.07, 6.45) is 0.133. The number of carboxylic acids is 2. The quantitative estimate of drug-likeness (QED) is 0.148. The Morgan fingerprint density at radius 2 is 1.39 bits per heavy atom. The van der Waals surface area contributed by atoms with Gasteiger partial charge in [-0.15, -0.1) is 0 Å². The fourth-order valence-corrected chi connectivity index (χ4v) is 4.55. The smallest absolute Gasteiger partial charge is 0.336 e. The average Bonchev–Trinajstić information content (AvgIpc) is 2.93. The SMILES string of the molecule is COc1ccc(C(=O)/C(Cc2cc(OC)c(OC)c(OCCCC(=O)O)c2)=C(/C(=O)O)c2cc(C)cc(C)c2)cc1. The van der Waals surface area contributed by atoms with Gasteiger partial charge in [0.1, 0.15) is 5.75 Å². The molecule has 0 unspecified atom stereocenters. The van der Waals surface area contributed by atoms with Gasteiger partial charge in [0, 0.05) is 24.0 Å². The minimum absolute atomic E-state index is 0.0642. The molecular weight excluding hydrogens is 528 g/mol. The lowest BCUT2D eigenvalue weighted by atomic mass is 9.88. The lowest BCUT2D eigenvalue weighted by Crippen LogP contribution is -2.14. The van der Waals surface area contributed by atoms with Gasteiger partial charge >= 0.3 is 11.9 Å². The summed E-state index contributed by atoms with van der Waals surface area (Å²) in [4.78, 5) is 37.6. The van der Waals surface area contributed by atoms with Crippen molar-refractivity contribution >= 4 is 23.3 Å². The highest BCUT2D eigenvalue weighted by atomic mass is 16.5. The van der Waals surface area contributed by atoms with Crippen LogP contribution < -0.4 is 18.9 Å². The topological polar surface area (TPSA) is 129 Å². The number of hydrogen-bond donors (Lipinski definition) is 2. The molecule has 0 aromatic heterocycles. The largest absolute Gasteiger partial charge is 0.497 e. The van der Waals surface area contributed by atoms with Gasteiger partial charge in [-0.1, -0.05) is 29.3 Å². The molecule has 0 spiro atoms. The van der Waals surface area contributed by atoms with E-state index in [1.54, 1.807) is 48.5 Å². The fraction of sp³-hybridized carbons (Fsp3) is 0.281. The summed E-state index contributed by atoms with van der Waals surface area (Å²) in [5.41, 5.74) is 2.92. The number of allylic oxidation sites excluding steroid dienone is 1. The minimum Gasteiger partial charge on any atom is -0.497 e. The van der Waals surface area contributed by atoms with E-state index in [4.69, 9.17) is 24.1 Å². The van der Waals surface area contributed by atoms with Crippen LogP contribution >= 0.6 is 0 Å². The molecule has 0 atom stereocenters. The molecule has 0 saturated heterocycles. The number of methoxy groups -OCH3 is 3. The van der Waals surface area contributed by atoms with Crippen molar-refractivity contribution in [1.82, 2.24) is 0 Å². The van der Waals surface area contributed by atoms with E-state index >= 15 is 0 Å². The van der Waals surface area contributed by atoms with Gasteiger partial charge in [0.25, 0.3) is 0 Å². The van der Waals surface area contributed by atoms with Crippen LogP contribution in [0.25, 0.3) is 5.57 Å². The van der Waals surface area contributed by atoms with E-state index in [2.05, 4.69) is 0 Å². The molecular formula is C32H34O9. The third-order valence-electron chi connectivity index (χ3n) is 6.33. The number of hydrogen-bond acceptors (Lipinski definition) is 7. The monoisotopic (exact) mass is 562 g/mol. The molecule has 0 aliphatic heterocycles. The van der Waals surface area contributed by atoms with Crippen LogP contribution in [0.15, 0.2) is 60.2 Å². The summed E-state index contributed by atoms with van der Waals surface area (Å²) in [6, 6.07) is 15.2. The summed E-state index contributed by atoms with van der Waals surface area (Å²) in [7, 11) is 4.42. The van der Waals surface area contributed by atoms with Crippen molar-refractivity contribution in [3.8, 4) is 23.0 Å². The maximum absolute atomic E-state index is 14.0. The van der Waals surface area contributed by atoms with Crippen molar-refractivity contribution in [3.63, 3.8) is 0 Å². The number of carbonyl (C=O) groups is 3. The Labute approximate surface area is 238 Å². The zero-order valence-corrected chi connectivity index (χ0v) is 23.8. The molecule has 0 fully saturated rings. The number of rotatable bonds is 14. The third-order valence-corrected chi connectivity index (χ3v) is 6.33. The maximum Gasteiger partial charge on any atom is 0.336 e. The molecule has 41 heavy (non-hydrogen) atoms. The highest BCUT2D eigenvalue weighted by Crippen LogP contribution is 2.40. The Balaban J connectivity index is 2.19. The number of aryl methyl sites for hydroxylation is 2. The first-order chi connectivity index (χ1) is 19.6. The zero-order valence-electron chi connectivity index (χ0n) is 23.8. The van der Waals surface area contributed by atoms with Crippen molar-refractivity contribution < 1.29 is 43.5 Å². The zero-order chi connectivity index (χ0) is 30.1. The van der Waals surface area contributed by atoms with Crippen molar-refractivity contribution in [1.29, 1.82) is 0 Å². The predicted molar refractivity (Wildman–Crippen MR) is 153 cm³/mol. The lowest BCUT2D eigenvalue weighted by Gasteiger charge is -2.18. The second-order valence-corrected chi connectivity index (χ2v) is 9.44. The summed E-state index contributed by atoms with van der Waals surface area (Å²) in [5.74, 6) is -1.17. The molecule has 0 saturated carbocycles. The van der Waals surface area contributed by atoms with Gasteiger partial charge in [0.05, 0.1) is 33.5 Å². The normalized spacial score (nSPS) is 11.3. The molecule has 3 aromatic rings. The number of ketones is 1. The van der Waals surface area contributed by atoms with Gasteiger partial charge in [0.15, 0.2) is 17.3 Å². The van der Waals surface area contributed by atoms with Gasteiger partial charge in [-0.05, 0) is 67.8 Å². The van der Waals surface area contributed by atoms with Crippen LogP contribution in [0.3, 0.4) is 0 Å². The van der Waals surface area contributed by atoms with Crippen LogP contribution in [0.5, 0.6) is 23.0 Å². The Bertz CT molecular complexity index is 1430. The molecule has 0 radical (unpaired) electrons. The molecule has 9 heteroatoms. The van der Waals surface area contributed by atoms with E-state index in [-0.39, 0.29) is 42.8 Å². The van der Waals surface area contributed by atoms with Gasteiger partial charge in [0.2, 0.25) is 5.75 Å². The van der Waals surface area contributed by atoms with E-state index in [1.165, 1.54) is 21.3 Å². The van der Waals surface area contributed by atoms with E-state index < -0.39 is 17.7 Å². The number of aliphatic carboxylic acids is 2. The van der Waals surface area contributed by atoms with E-state index in [0.717, 1.165) is 11.1 Å². The Kier molecular flexibility index (Phi) is 10.5. The second kappa shape index (κ2) is 14.0. The summed E-state index contributed by atoms with van der Waals surface area (Å²) < 4.78 is 22.0. The third kappa shape index (κ3) is 7.88. The van der Waals surface area contributed by atoms with Crippen molar-refractivity contribution in [2.75, 3.05) is 27.9 Å². The summed E-state index contributed by atoms with van der Waals surface area (Å²) in [6.45, 7) is 3.83. The van der Waals surface area contributed by atoms with Gasteiger partial charge < -0.3 is 29.2 Å². The Morgan fingerprint density at radius 1 is 0.756 bits per heavy atom. The van der Waals surface area contributed by atoms with Crippen LogP contribution in [0, 0.1) is 13.8 Å². The molecule has 0 heterocycles. The minimum atomic E-state index is -1.24. The number of carboxylic acid groups (broad SMARTS) is 2. The molecule has 0 bridgehead atoms. The molecule has 3 rings (SSSR count). The first-order valence-electron chi connectivity index (χ1n) is 12.9. The Morgan fingerprint density at radius 3 is 1.93 bits per heavy atom. The number of ether oxygens (including phenoxy) is 4. The van der Waals surface area contributed by atoms with Crippen molar-refractivity contribution in [2.24, 2.45) is 0 Å². The van der Waals surface area contributed by atoms with E-state index in [9.17, 15) is 19.5 Å². The number of Topliss-reactive ketones (excluding diaryl/α,β-unsaturated/α-hetero) is 1. The van der Waals surface area contributed by atoms with Crippen LogP contribution in [0.2, 0.25) is 0 Å². The van der Waals surface area contributed by atoms with Crippen LogP contribution in [-0.4, -0.2) is 55.9 Å². The number of benzene rings is 3. The molecule has 216 valence electrons. The molecule has 0 amide bonds. The van der Waals surface area contributed by atoms with Crippen LogP contribution in [0.4, 0.5) is 0 Å². The molecule has 2 N–H and O–H groups in total. The first kappa shape index (κ1) is 30.7. The fourth-order valence-electron chi connectivity index (χ4n) is 4.55. The highest BCUT2D eigenvalue weighted by molar-refractivity contribution is 6.26. The Hall–Kier alpha value is -4.79. The second-order valence-electron chi connectivity index (χ2n) is 9.44. The highest BCUT2D eigenvalue weighted by Gasteiger charge is 2.25. The van der Waals surface area contributed by atoms with Crippen molar-refractivity contribution in [3.05, 3.63) is 88.0 Å². The van der Waals surface area contributed by atoms with Gasteiger partial charge in [-0.25, -0.2) is 4.79 Å². The maximum atomic E-state index is 14.0. The summed E-state index contributed by atoms with van der Waals surface area (Å²) in [5, 5.41) is 19.4. The molecule has 0 aliphatic rings. The van der Waals surface area contributed by atoms with Crippen LogP contribution in [0.1, 0.15) is 45.5 Å². The average molecular weight is 563 g/mol. The molecule has 3 aromatic carbocycles. The standard InChI is InChI=1S/C32H34O9/c1-19-13-20(2)15-23(14-19)29(32(36)37)25(30(35)22-8-10-24(38-3)11-9-22)16-21-17-26(39-4)31(40-5)27(18-21)41-12-6-7-28(33)34/h8-11,13-15,17-18H,6-7,12,16H2,1-5H3,(H,33,34)(H,36,37)/b29-25+. The lowest BCUT2D eigenvalue weighted by molar-refractivity contribution is -0.137. The summed E-state index contributed by atoms with van der Waals surface area (Å²) >= 11 is 0. The predicted octanol–water partition coefficient (Wildman–Crippen LogP) is 5.54. The van der Waals surface area contributed by atoms with Gasteiger partial charge in [-0.2, -0.15) is 0 Å². The van der Waals surface area contributed by atoms with Crippen molar-refractivity contribution in [2.45, 2.75) is 33.1 Å². The van der Waals surface area contributed by atoms with Crippen LogP contribution in [-0.2, 0) is 16.0 Å².